The van der Waals surface area contributed by atoms with Crippen LogP contribution in [0, 0.1) is 5.82 Å². The van der Waals surface area contributed by atoms with Gasteiger partial charge in [0.2, 0.25) is 5.88 Å². The van der Waals surface area contributed by atoms with Crippen molar-refractivity contribution in [2.75, 3.05) is 6.61 Å². The third-order valence-corrected chi connectivity index (χ3v) is 4.84. The van der Waals surface area contributed by atoms with E-state index in [9.17, 15) is 9.18 Å². The molecule has 138 valence electrons. The molecule has 0 bridgehead atoms. The van der Waals surface area contributed by atoms with Gasteiger partial charge in [-0.05, 0) is 23.8 Å². The molecule has 1 aromatic carbocycles. The van der Waals surface area contributed by atoms with Gasteiger partial charge >= 0.3 is 0 Å². The summed E-state index contributed by atoms with van der Waals surface area (Å²) in [5.41, 5.74) is 3.21. The van der Waals surface area contributed by atoms with Gasteiger partial charge in [-0.25, -0.2) is 9.37 Å². The second kappa shape index (κ2) is 7.71. The molecule has 2 aromatic heterocycles. The Kier molecular flexibility index (Phi) is 4.97. The summed E-state index contributed by atoms with van der Waals surface area (Å²) in [7, 11) is 0. The smallest absolute Gasteiger partial charge is 0.261 e. The predicted molar refractivity (Wildman–Crippen MR) is 96.8 cm³/mol. The largest absolute Gasteiger partial charge is 0.482 e. The second-order valence-electron chi connectivity index (χ2n) is 6.02. The Bertz CT molecular complexity index is 932. The van der Waals surface area contributed by atoms with Crippen LogP contribution in [0.4, 0.5) is 4.39 Å². The number of rotatable bonds is 5. The SMILES string of the molecule is O=C1COc2ccc(OCc3cncs3)nc2CN1Cc1ccc(F)cc1. The molecule has 0 aliphatic carbocycles. The maximum atomic E-state index is 13.1. The summed E-state index contributed by atoms with van der Waals surface area (Å²) < 4.78 is 24.4. The molecule has 0 atom stereocenters. The topological polar surface area (TPSA) is 64.5 Å². The average Bonchev–Trinajstić information content (AvgIpc) is 3.15. The van der Waals surface area contributed by atoms with E-state index < -0.39 is 0 Å². The first-order valence-electron chi connectivity index (χ1n) is 8.32. The van der Waals surface area contributed by atoms with E-state index in [4.69, 9.17) is 9.47 Å². The van der Waals surface area contributed by atoms with Crippen LogP contribution in [0.2, 0.25) is 0 Å². The first-order chi connectivity index (χ1) is 13.2. The molecule has 1 aliphatic rings. The molecule has 0 saturated heterocycles. The van der Waals surface area contributed by atoms with Gasteiger partial charge in [0.05, 0.1) is 16.9 Å². The number of hydrogen-bond acceptors (Lipinski definition) is 6. The van der Waals surface area contributed by atoms with E-state index in [1.165, 1.54) is 23.5 Å². The minimum atomic E-state index is -0.306. The van der Waals surface area contributed by atoms with E-state index in [2.05, 4.69) is 9.97 Å². The Morgan fingerprint density at radius 1 is 1.22 bits per heavy atom. The molecular weight excluding hydrogens is 369 g/mol. The highest BCUT2D eigenvalue weighted by Gasteiger charge is 2.23. The van der Waals surface area contributed by atoms with E-state index in [-0.39, 0.29) is 18.3 Å². The van der Waals surface area contributed by atoms with Gasteiger partial charge < -0.3 is 14.4 Å². The monoisotopic (exact) mass is 385 g/mol. The van der Waals surface area contributed by atoms with Crippen molar-refractivity contribution in [3.63, 3.8) is 0 Å². The average molecular weight is 385 g/mol. The van der Waals surface area contributed by atoms with Gasteiger partial charge in [-0.3, -0.25) is 9.78 Å². The van der Waals surface area contributed by atoms with Gasteiger partial charge in [-0.1, -0.05) is 12.1 Å². The van der Waals surface area contributed by atoms with Crippen LogP contribution in [0.3, 0.4) is 0 Å². The number of halogens is 1. The zero-order chi connectivity index (χ0) is 18.6. The first-order valence-corrected chi connectivity index (χ1v) is 9.20. The molecule has 0 spiro atoms. The third-order valence-electron chi connectivity index (χ3n) is 4.08. The maximum absolute atomic E-state index is 13.1. The Hall–Kier alpha value is -3.00. The van der Waals surface area contributed by atoms with E-state index in [1.807, 2.05) is 0 Å². The summed E-state index contributed by atoms with van der Waals surface area (Å²) in [4.78, 5) is 23.5. The van der Waals surface area contributed by atoms with Crippen molar-refractivity contribution in [3.8, 4) is 11.6 Å². The van der Waals surface area contributed by atoms with Crippen molar-refractivity contribution >= 4 is 17.2 Å². The van der Waals surface area contributed by atoms with E-state index in [1.54, 1.807) is 40.9 Å². The van der Waals surface area contributed by atoms with Gasteiger partial charge in [-0.2, -0.15) is 0 Å². The number of nitrogens with zero attached hydrogens (tertiary/aromatic N) is 3. The number of carbonyl (C=O) groups is 1. The minimum Gasteiger partial charge on any atom is -0.482 e. The molecule has 1 aliphatic heterocycles. The molecule has 6 nitrogen and oxygen atoms in total. The van der Waals surface area contributed by atoms with Crippen LogP contribution in [0.25, 0.3) is 0 Å². The highest BCUT2D eigenvalue weighted by molar-refractivity contribution is 7.09. The van der Waals surface area contributed by atoms with Crippen LogP contribution in [0.5, 0.6) is 11.6 Å². The van der Waals surface area contributed by atoms with Gasteiger partial charge in [0.25, 0.3) is 5.91 Å². The summed E-state index contributed by atoms with van der Waals surface area (Å²) in [6, 6.07) is 9.57. The molecule has 3 aromatic rings. The second-order valence-corrected chi connectivity index (χ2v) is 6.99. The molecule has 8 heteroatoms. The van der Waals surface area contributed by atoms with Crippen LogP contribution in [0.15, 0.2) is 48.1 Å². The molecule has 1 amide bonds. The molecule has 0 radical (unpaired) electrons. The van der Waals surface area contributed by atoms with Crippen molar-refractivity contribution in [1.82, 2.24) is 14.9 Å². The number of fused-ring (bicyclic) bond motifs is 1. The minimum absolute atomic E-state index is 0.0586. The van der Waals surface area contributed by atoms with Crippen LogP contribution < -0.4 is 9.47 Å². The lowest BCUT2D eigenvalue weighted by molar-refractivity contribution is -0.133. The number of pyridine rings is 1. The van der Waals surface area contributed by atoms with Gasteiger partial charge in [0.1, 0.15) is 23.9 Å². The van der Waals surface area contributed by atoms with Gasteiger partial charge in [0.15, 0.2) is 6.61 Å². The lowest BCUT2D eigenvalue weighted by atomic mass is 10.2. The molecule has 0 fully saturated rings. The molecule has 0 N–H and O–H groups in total. The summed E-state index contributed by atoms with van der Waals surface area (Å²) in [5, 5.41) is 0. The predicted octanol–water partition coefficient (Wildman–Crippen LogP) is 3.18. The molecular formula is C19H16FN3O3S. The first kappa shape index (κ1) is 17.4. The Morgan fingerprint density at radius 3 is 2.85 bits per heavy atom. The highest BCUT2D eigenvalue weighted by Crippen LogP contribution is 2.26. The van der Waals surface area contributed by atoms with E-state index in [0.29, 0.717) is 37.0 Å². The van der Waals surface area contributed by atoms with Crippen molar-refractivity contribution in [2.45, 2.75) is 19.7 Å². The highest BCUT2D eigenvalue weighted by atomic mass is 32.1. The normalized spacial score (nSPS) is 13.7. The third kappa shape index (κ3) is 4.22. The summed E-state index contributed by atoms with van der Waals surface area (Å²) >= 11 is 1.51. The lowest BCUT2D eigenvalue weighted by Crippen LogP contribution is -2.32. The van der Waals surface area contributed by atoms with Gasteiger partial charge in [0, 0.05) is 18.8 Å². The summed E-state index contributed by atoms with van der Waals surface area (Å²) in [6.07, 6.45) is 1.75. The molecule has 4 rings (SSSR count). The van der Waals surface area contributed by atoms with E-state index >= 15 is 0 Å². The van der Waals surface area contributed by atoms with Crippen LogP contribution in [-0.4, -0.2) is 27.4 Å². The van der Waals surface area contributed by atoms with E-state index in [0.717, 1.165) is 10.4 Å². The maximum Gasteiger partial charge on any atom is 0.261 e. The number of carbonyl (C=O) groups excluding carboxylic acids is 1. The molecule has 0 unspecified atom stereocenters. The fraction of sp³-hybridized carbons (Fsp3) is 0.211. The molecule has 3 heterocycles. The number of thiazole rings is 1. The quantitative estimate of drug-likeness (QED) is 0.675. The zero-order valence-electron chi connectivity index (χ0n) is 14.3. The van der Waals surface area contributed by atoms with Crippen molar-refractivity contribution < 1.29 is 18.7 Å². The fourth-order valence-electron chi connectivity index (χ4n) is 2.71. The Balaban J connectivity index is 1.50. The Labute approximate surface area is 159 Å². The lowest BCUT2D eigenvalue weighted by Gasteiger charge is -2.19. The van der Waals surface area contributed by atoms with Gasteiger partial charge in [-0.15, -0.1) is 11.3 Å². The number of benzene rings is 1. The number of aromatic nitrogens is 2. The standard InChI is InChI=1S/C19H16FN3O3S/c20-14-3-1-13(2-4-14)8-23-9-16-17(25-11-19(23)24)5-6-18(22-16)26-10-15-7-21-12-27-15/h1-7,12H,8-11H2. The van der Waals surface area contributed by atoms with Crippen molar-refractivity contribution in [1.29, 1.82) is 0 Å². The number of hydrogen-bond donors (Lipinski definition) is 0. The van der Waals surface area contributed by atoms with Crippen molar-refractivity contribution in [3.05, 3.63) is 70.1 Å². The zero-order valence-corrected chi connectivity index (χ0v) is 15.1. The Morgan fingerprint density at radius 2 is 2.07 bits per heavy atom. The van der Waals surface area contributed by atoms with Crippen LogP contribution in [-0.2, 0) is 24.5 Å². The number of amides is 1. The molecule has 27 heavy (non-hydrogen) atoms. The van der Waals surface area contributed by atoms with Crippen molar-refractivity contribution in [2.24, 2.45) is 0 Å². The summed E-state index contributed by atoms with van der Waals surface area (Å²) in [5.74, 6) is 0.570. The summed E-state index contributed by atoms with van der Waals surface area (Å²) in [6.45, 7) is 0.978. The van der Waals surface area contributed by atoms with Crippen LogP contribution in [0.1, 0.15) is 16.1 Å². The number of ether oxygens (including phenoxy) is 2. The molecule has 0 saturated carbocycles. The fourth-order valence-corrected chi connectivity index (χ4v) is 3.21. The van der Waals surface area contributed by atoms with Crippen LogP contribution >= 0.6 is 11.3 Å².